The zero-order chi connectivity index (χ0) is 14.2. The van der Waals surface area contributed by atoms with E-state index in [0.717, 1.165) is 0 Å². The first-order valence-corrected chi connectivity index (χ1v) is 5.73. The Morgan fingerprint density at radius 2 is 2.05 bits per heavy atom. The van der Waals surface area contributed by atoms with Crippen molar-refractivity contribution in [3.63, 3.8) is 0 Å². The Labute approximate surface area is 109 Å². The Kier molecular flexibility index (Phi) is 3.28. The molecular weight excluding hydrogens is 252 g/mol. The first-order chi connectivity index (χ1) is 8.88. The number of aryl methyl sites for hydroxylation is 1. The van der Waals surface area contributed by atoms with Crippen LogP contribution < -0.4 is 0 Å². The highest BCUT2D eigenvalue weighted by molar-refractivity contribution is 5.92. The molecule has 2 rings (SSSR count). The van der Waals surface area contributed by atoms with Crippen molar-refractivity contribution in [3.05, 3.63) is 23.2 Å². The fraction of sp³-hybridized carbons (Fsp3) is 0.417. The van der Waals surface area contributed by atoms with Crippen LogP contribution in [0.5, 0.6) is 0 Å². The SMILES string of the molecule is Cc1oc(C(=O)O)cc1CN1CC(=O)N(C)CC1=O. The maximum absolute atomic E-state index is 11.8. The molecule has 7 nitrogen and oxygen atoms in total. The predicted octanol–water partition coefficient (Wildman–Crippen LogP) is 0.0868. The summed E-state index contributed by atoms with van der Waals surface area (Å²) in [5, 5.41) is 8.82. The van der Waals surface area contributed by atoms with E-state index in [0.29, 0.717) is 11.3 Å². The molecule has 0 bridgehead atoms. The van der Waals surface area contributed by atoms with Gasteiger partial charge in [-0.25, -0.2) is 4.79 Å². The molecule has 1 saturated heterocycles. The molecule has 19 heavy (non-hydrogen) atoms. The van der Waals surface area contributed by atoms with E-state index >= 15 is 0 Å². The van der Waals surface area contributed by atoms with Crippen molar-refractivity contribution < 1.29 is 23.9 Å². The summed E-state index contributed by atoms with van der Waals surface area (Å²) in [7, 11) is 1.57. The number of amides is 2. The Hall–Kier alpha value is -2.31. The summed E-state index contributed by atoms with van der Waals surface area (Å²) in [6.07, 6.45) is 0. The lowest BCUT2D eigenvalue weighted by atomic mass is 10.2. The number of piperazine rings is 1. The monoisotopic (exact) mass is 266 g/mol. The van der Waals surface area contributed by atoms with Crippen LogP contribution in [0.4, 0.5) is 0 Å². The maximum atomic E-state index is 11.8. The maximum Gasteiger partial charge on any atom is 0.371 e. The zero-order valence-corrected chi connectivity index (χ0v) is 10.7. The number of carbonyl (C=O) groups is 3. The Bertz CT molecular complexity index is 548. The van der Waals surface area contributed by atoms with Gasteiger partial charge in [-0.05, 0) is 13.0 Å². The Morgan fingerprint density at radius 1 is 1.37 bits per heavy atom. The molecule has 2 heterocycles. The number of aromatic carboxylic acids is 1. The molecule has 0 aromatic carbocycles. The number of carboxylic acids is 1. The minimum absolute atomic E-state index is 0.00234. The van der Waals surface area contributed by atoms with Crippen LogP contribution in [0.1, 0.15) is 21.9 Å². The summed E-state index contributed by atoms with van der Waals surface area (Å²) < 4.78 is 5.07. The molecule has 1 fully saturated rings. The molecule has 0 atom stereocenters. The van der Waals surface area contributed by atoms with Gasteiger partial charge >= 0.3 is 5.97 Å². The van der Waals surface area contributed by atoms with Gasteiger partial charge in [0.05, 0.1) is 6.54 Å². The number of likely N-dealkylation sites (N-methyl/N-ethyl adjacent to an activating group) is 1. The summed E-state index contributed by atoms with van der Waals surface area (Å²) in [5.74, 6) is -1.19. The molecule has 1 aromatic heterocycles. The molecule has 1 aliphatic rings. The van der Waals surface area contributed by atoms with E-state index in [1.54, 1.807) is 14.0 Å². The fourth-order valence-electron chi connectivity index (χ4n) is 1.90. The molecule has 1 aliphatic heterocycles. The lowest BCUT2D eigenvalue weighted by Gasteiger charge is -2.31. The second-order valence-electron chi connectivity index (χ2n) is 4.50. The highest BCUT2D eigenvalue weighted by atomic mass is 16.4. The van der Waals surface area contributed by atoms with Gasteiger partial charge < -0.3 is 19.3 Å². The van der Waals surface area contributed by atoms with E-state index in [9.17, 15) is 14.4 Å². The fourth-order valence-corrected chi connectivity index (χ4v) is 1.90. The van der Waals surface area contributed by atoms with Gasteiger partial charge in [-0.2, -0.15) is 0 Å². The summed E-state index contributed by atoms with van der Waals surface area (Å²) in [5.41, 5.74) is 0.600. The van der Waals surface area contributed by atoms with Crippen LogP contribution in [0.3, 0.4) is 0 Å². The van der Waals surface area contributed by atoms with E-state index in [1.807, 2.05) is 0 Å². The number of carbonyl (C=O) groups excluding carboxylic acids is 2. The summed E-state index contributed by atoms with van der Waals surface area (Å²) in [4.78, 5) is 36.9. The van der Waals surface area contributed by atoms with Crippen molar-refractivity contribution in [2.45, 2.75) is 13.5 Å². The highest BCUT2D eigenvalue weighted by Gasteiger charge is 2.28. The smallest absolute Gasteiger partial charge is 0.371 e. The van der Waals surface area contributed by atoms with Crippen molar-refractivity contribution in [3.8, 4) is 0 Å². The van der Waals surface area contributed by atoms with Gasteiger partial charge in [0.1, 0.15) is 12.3 Å². The molecule has 0 radical (unpaired) electrons. The highest BCUT2D eigenvalue weighted by Crippen LogP contribution is 2.18. The van der Waals surface area contributed by atoms with Crippen LogP contribution >= 0.6 is 0 Å². The van der Waals surface area contributed by atoms with Crippen LogP contribution in [-0.4, -0.2) is 52.8 Å². The number of carboxylic acid groups (broad SMARTS) is 1. The molecule has 0 unspecified atom stereocenters. The predicted molar refractivity (Wildman–Crippen MR) is 63.5 cm³/mol. The second kappa shape index (κ2) is 4.75. The van der Waals surface area contributed by atoms with Crippen LogP contribution in [-0.2, 0) is 16.1 Å². The van der Waals surface area contributed by atoms with Crippen LogP contribution in [0.25, 0.3) is 0 Å². The quantitative estimate of drug-likeness (QED) is 0.837. The molecule has 7 heteroatoms. The average Bonchev–Trinajstić information content (AvgIpc) is 2.68. The normalized spacial score (nSPS) is 16.1. The summed E-state index contributed by atoms with van der Waals surface area (Å²) in [6, 6.07) is 1.38. The second-order valence-corrected chi connectivity index (χ2v) is 4.50. The van der Waals surface area contributed by atoms with Crippen molar-refractivity contribution >= 4 is 17.8 Å². The Balaban J connectivity index is 2.15. The van der Waals surface area contributed by atoms with E-state index in [2.05, 4.69) is 0 Å². The summed E-state index contributed by atoms with van der Waals surface area (Å²) in [6.45, 7) is 1.86. The van der Waals surface area contributed by atoms with Gasteiger partial charge in [-0.15, -0.1) is 0 Å². The van der Waals surface area contributed by atoms with E-state index in [4.69, 9.17) is 9.52 Å². The van der Waals surface area contributed by atoms with Gasteiger partial charge in [0.15, 0.2) is 0 Å². The number of hydrogen-bond acceptors (Lipinski definition) is 4. The molecule has 102 valence electrons. The summed E-state index contributed by atoms with van der Waals surface area (Å²) >= 11 is 0. The third-order valence-corrected chi connectivity index (χ3v) is 3.07. The van der Waals surface area contributed by atoms with Crippen molar-refractivity contribution in [1.29, 1.82) is 0 Å². The molecule has 1 N–H and O–H groups in total. The van der Waals surface area contributed by atoms with E-state index < -0.39 is 5.97 Å². The van der Waals surface area contributed by atoms with Crippen molar-refractivity contribution in [2.24, 2.45) is 0 Å². The third-order valence-electron chi connectivity index (χ3n) is 3.07. The van der Waals surface area contributed by atoms with Gasteiger partial charge in [-0.3, -0.25) is 9.59 Å². The minimum atomic E-state index is -1.16. The molecule has 0 aliphatic carbocycles. The van der Waals surface area contributed by atoms with E-state index in [-0.39, 0.29) is 37.2 Å². The lowest BCUT2D eigenvalue weighted by molar-refractivity contribution is -0.149. The minimum Gasteiger partial charge on any atom is -0.475 e. The first kappa shape index (κ1) is 13.1. The molecule has 1 aromatic rings. The zero-order valence-electron chi connectivity index (χ0n) is 10.7. The first-order valence-electron chi connectivity index (χ1n) is 5.73. The van der Waals surface area contributed by atoms with Crippen LogP contribution in [0.2, 0.25) is 0 Å². The van der Waals surface area contributed by atoms with E-state index in [1.165, 1.54) is 15.9 Å². The lowest BCUT2D eigenvalue weighted by Crippen LogP contribution is -2.51. The van der Waals surface area contributed by atoms with Gasteiger partial charge in [0.25, 0.3) is 0 Å². The van der Waals surface area contributed by atoms with Crippen LogP contribution in [0, 0.1) is 6.92 Å². The largest absolute Gasteiger partial charge is 0.475 e. The average molecular weight is 266 g/mol. The number of rotatable bonds is 3. The molecular formula is C12H14N2O5. The number of hydrogen-bond donors (Lipinski definition) is 1. The third kappa shape index (κ3) is 2.59. The van der Waals surface area contributed by atoms with Crippen molar-refractivity contribution in [2.75, 3.05) is 20.1 Å². The number of nitrogens with zero attached hydrogens (tertiary/aromatic N) is 2. The van der Waals surface area contributed by atoms with Gasteiger partial charge in [-0.1, -0.05) is 0 Å². The molecule has 0 spiro atoms. The van der Waals surface area contributed by atoms with Gasteiger partial charge in [0.2, 0.25) is 17.6 Å². The molecule has 2 amide bonds. The Morgan fingerprint density at radius 3 is 2.63 bits per heavy atom. The van der Waals surface area contributed by atoms with Crippen LogP contribution in [0.15, 0.2) is 10.5 Å². The topological polar surface area (TPSA) is 91.1 Å². The number of furan rings is 1. The van der Waals surface area contributed by atoms with Crippen molar-refractivity contribution in [1.82, 2.24) is 9.80 Å². The van der Waals surface area contributed by atoms with Gasteiger partial charge in [0, 0.05) is 19.2 Å². The molecule has 0 saturated carbocycles. The standard InChI is InChI=1S/C12H14N2O5/c1-7-8(3-9(19-7)12(17)18)4-14-6-10(15)13(2)5-11(14)16/h3H,4-6H2,1-2H3,(H,17,18).